The van der Waals surface area contributed by atoms with Gasteiger partial charge in [-0.15, -0.1) is 15.3 Å². The van der Waals surface area contributed by atoms with E-state index < -0.39 is 4.90 Å². The van der Waals surface area contributed by atoms with E-state index in [0.29, 0.717) is 0 Å². The molecular weight excluding hydrogens is 255 g/mol. The molecule has 0 aromatic carbocycles. The minimum Gasteiger partial charge on any atom is -0.612 e. The van der Waals surface area contributed by atoms with Crippen molar-refractivity contribution < 1.29 is 56.3 Å². The minimum absolute atomic E-state index is 0. The minimum atomic E-state index is -0.610. The third-order valence-electron chi connectivity index (χ3n) is 1.74. The molecule has 17 heavy (non-hydrogen) atoms. The molecule has 10 nitrogen and oxygen atoms in total. The summed E-state index contributed by atoms with van der Waals surface area (Å²) in [5.74, 6) is -0.0898. The molecule has 84 valence electrons. The average molecular weight is 262 g/mol. The number of tetrazole rings is 1. The van der Waals surface area contributed by atoms with Crippen LogP contribution in [-0.2, 0) is 14.1 Å². The van der Waals surface area contributed by atoms with E-state index in [9.17, 15) is 10.4 Å². The fourth-order valence-electron chi connectivity index (χ4n) is 1.12. The second-order valence-electron chi connectivity index (χ2n) is 2.93. The summed E-state index contributed by atoms with van der Waals surface area (Å²) in [6.07, 6.45) is 1.27. The maximum absolute atomic E-state index is 10.9. The molecule has 0 N–H and O–H groups in total. The van der Waals surface area contributed by atoms with Gasteiger partial charge in [0, 0.05) is 7.05 Å². The van der Waals surface area contributed by atoms with Crippen molar-refractivity contribution in [3.63, 3.8) is 0 Å². The van der Waals surface area contributed by atoms with Crippen LogP contribution in [0.4, 0.5) is 0 Å². The zero-order chi connectivity index (χ0) is 11.7. The van der Waals surface area contributed by atoms with E-state index in [4.69, 9.17) is 0 Å². The second-order valence-corrected chi connectivity index (χ2v) is 2.93. The molecule has 0 amide bonds. The van der Waals surface area contributed by atoms with Crippen LogP contribution in [0.1, 0.15) is 11.5 Å². The van der Waals surface area contributed by atoms with Crippen molar-refractivity contribution in [3.05, 3.63) is 28.1 Å². The Bertz CT molecular complexity index is 499. The first-order valence-corrected chi connectivity index (χ1v) is 4.20. The van der Waals surface area contributed by atoms with Crippen molar-refractivity contribution in [2.75, 3.05) is 0 Å². The number of rotatable bonds is 2. The summed E-state index contributed by atoms with van der Waals surface area (Å²) in [6.45, 7) is 0. The van der Waals surface area contributed by atoms with Gasteiger partial charge < -0.3 is 10.4 Å². The molecule has 0 fully saturated rings. The number of hydrogen-bond donors (Lipinski definition) is 0. The Morgan fingerprint density at radius 3 is 2.35 bits per heavy atom. The smallest absolute Gasteiger partial charge is 0.612 e. The third kappa shape index (κ3) is 3.07. The predicted octanol–water partition coefficient (Wildman–Crippen LogP) is -4.81. The summed E-state index contributed by atoms with van der Waals surface area (Å²) in [6, 6.07) is 0. The zero-order valence-corrected chi connectivity index (χ0v) is 12.6. The van der Waals surface area contributed by atoms with Crippen LogP contribution in [0.5, 0.6) is 0 Å². The Labute approximate surface area is 138 Å². The van der Waals surface area contributed by atoms with Crippen LogP contribution >= 0.6 is 0 Å². The van der Waals surface area contributed by atoms with Gasteiger partial charge in [-0.3, -0.25) is 0 Å². The van der Waals surface area contributed by atoms with Gasteiger partial charge in [-0.2, -0.15) is 19.6 Å². The molecule has 2 aromatic heterocycles. The van der Waals surface area contributed by atoms with Crippen LogP contribution in [0.25, 0.3) is 0 Å². The van der Waals surface area contributed by atoms with Gasteiger partial charge in [-0.05, 0) is 5.21 Å². The third-order valence-corrected chi connectivity index (χ3v) is 1.74. The monoisotopic (exact) mass is 262 g/mol. The largest absolute Gasteiger partial charge is 1.00 e. The molecule has 0 radical (unpaired) electrons. The summed E-state index contributed by atoms with van der Waals surface area (Å²) in [5, 5.41) is 40.2. The summed E-state index contributed by atoms with van der Waals surface area (Å²) < 4.78 is 0. The quantitative estimate of drug-likeness (QED) is 0.230. The molecule has 0 unspecified atom stereocenters. The Balaban J connectivity index is 0.00000144. The van der Waals surface area contributed by atoms with Crippen molar-refractivity contribution in [3.8, 4) is 0 Å². The van der Waals surface area contributed by atoms with Crippen LogP contribution in [-0.4, -0.2) is 45.8 Å². The molecule has 2 heterocycles. The van der Waals surface area contributed by atoms with Gasteiger partial charge in [0.25, 0.3) is 5.82 Å². The summed E-state index contributed by atoms with van der Waals surface area (Å²) in [4.78, 5) is 1.74. The van der Waals surface area contributed by atoms with E-state index >= 15 is 0 Å². The summed E-state index contributed by atoms with van der Waals surface area (Å²) in [7, 11) is 3.08. The summed E-state index contributed by atoms with van der Waals surface area (Å²) in [5.41, 5.74) is -0.221. The van der Waals surface area contributed by atoms with Gasteiger partial charge >= 0.3 is 57.1 Å². The number of nitrogens with zero attached hydrogens (tertiary/aromatic N) is 8. The molecule has 0 bridgehead atoms. The van der Waals surface area contributed by atoms with E-state index in [1.54, 1.807) is 7.05 Å². The fraction of sp³-hybridized carbons (Fsp3) is 0.333. The fourth-order valence-corrected chi connectivity index (χ4v) is 1.12. The van der Waals surface area contributed by atoms with Crippen molar-refractivity contribution >= 4 is 5.71 Å². The number of aromatic nitrogens is 7. The molecule has 0 saturated heterocycles. The van der Waals surface area contributed by atoms with Crippen LogP contribution < -0.4 is 51.4 Å². The van der Waals surface area contributed by atoms with E-state index in [1.807, 2.05) is 0 Å². The average Bonchev–Trinajstić information content (AvgIpc) is 2.76. The molecule has 0 spiro atoms. The summed E-state index contributed by atoms with van der Waals surface area (Å²) >= 11 is 0. The first-order valence-electron chi connectivity index (χ1n) is 4.20. The van der Waals surface area contributed by atoms with Gasteiger partial charge in [0.05, 0.1) is 13.2 Å². The van der Waals surface area contributed by atoms with Crippen LogP contribution in [0.2, 0.25) is 0 Å². The molecule has 0 saturated carbocycles. The normalized spacial score (nSPS) is 9.76. The molecule has 11 heteroatoms. The number of aryl methyl sites for hydroxylation is 2. The van der Waals surface area contributed by atoms with Gasteiger partial charge in [-0.1, -0.05) is 0 Å². The Morgan fingerprint density at radius 2 is 1.94 bits per heavy atom. The molecule has 0 aliphatic carbocycles. The first kappa shape index (κ1) is 14.2. The van der Waals surface area contributed by atoms with Gasteiger partial charge in [0.15, 0.2) is 5.69 Å². The van der Waals surface area contributed by atoms with Crippen LogP contribution in [0.15, 0.2) is 6.20 Å². The standard InChI is InChI=1S/C6H7N8O2.K/c1-12-7-3-4(9-12)5(14(15)16)6-8-11-13(2)10-6;/h3H,1-2H3;/q-1;+1. The first-order chi connectivity index (χ1) is 7.58. The van der Waals surface area contributed by atoms with E-state index in [-0.39, 0.29) is 68.6 Å². The van der Waals surface area contributed by atoms with E-state index in [1.165, 1.54) is 18.0 Å². The molecule has 2 aromatic rings. The van der Waals surface area contributed by atoms with Gasteiger partial charge in [0.1, 0.15) is 0 Å². The molecule has 0 aliphatic heterocycles. The van der Waals surface area contributed by atoms with Crippen LogP contribution in [0, 0.1) is 10.4 Å². The van der Waals surface area contributed by atoms with E-state index in [0.717, 1.165) is 4.80 Å². The number of hydrogen-bond acceptors (Lipinski definition) is 7. The predicted molar refractivity (Wildman–Crippen MR) is 50.0 cm³/mol. The van der Waals surface area contributed by atoms with Gasteiger partial charge in [-0.25, -0.2) is 0 Å². The second kappa shape index (κ2) is 5.64. The Morgan fingerprint density at radius 1 is 1.24 bits per heavy atom. The topological polar surface area (TPSA) is 123 Å². The molecule has 2 rings (SSSR count). The molecule has 0 atom stereocenters. The zero-order valence-electron chi connectivity index (χ0n) is 9.47. The van der Waals surface area contributed by atoms with Crippen molar-refractivity contribution in [2.45, 2.75) is 0 Å². The Hall–Kier alpha value is -0.884. The van der Waals surface area contributed by atoms with E-state index in [2.05, 4.69) is 25.6 Å². The maximum atomic E-state index is 10.9. The van der Waals surface area contributed by atoms with Crippen molar-refractivity contribution in [1.82, 2.24) is 35.2 Å². The van der Waals surface area contributed by atoms with Crippen molar-refractivity contribution in [1.29, 1.82) is 0 Å². The van der Waals surface area contributed by atoms with Crippen molar-refractivity contribution in [2.24, 2.45) is 14.1 Å². The molecular formula is C6H7KN8O2. The SMILES string of the molecule is Cn1ncc(C(c2nnn(C)n2)=[N+]([O-])[O-])n1.[K+]. The molecule has 0 aliphatic rings. The van der Waals surface area contributed by atoms with Gasteiger partial charge in [0.2, 0.25) is 0 Å². The Kier molecular flexibility index (Phi) is 4.70. The van der Waals surface area contributed by atoms with Crippen LogP contribution in [0.3, 0.4) is 0 Å². The maximum Gasteiger partial charge on any atom is 1.00 e.